The van der Waals surface area contributed by atoms with Crippen molar-refractivity contribution in [1.82, 2.24) is 4.31 Å². The van der Waals surface area contributed by atoms with Gasteiger partial charge >= 0.3 is 0 Å². The maximum absolute atomic E-state index is 5.97. The van der Waals surface area contributed by atoms with E-state index in [9.17, 15) is 0 Å². The zero-order valence-electron chi connectivity index (χ0n) is 8.22. The maximum Gasteiger partial charge on any atom is 0.0243 e. The van der Waals surface area contributed by atoms with Crippen LogP contribution < -0.4 is 5.73 Å². The average molecular weight is 176 g/mol. The SMILES string of the molecule is CSN(C)C[C@@H](N)C(C)(C)C. The van der Waals surface area contributed by atoms with Gasteiger partial charge in [-0.2, -0.15) is 0 Å². The molecule has 1 atom stereocenters. The quantitative estimate of drug-likeness (QED) is 0.662. The molecule has 0 saturated carbocycles. The number of rotatable bonds is 3. The van der Waals surface area contributed by atoms with Crippen LogP contribution in [0, 0.1) is 5.41 Å². The summed E-state index contributed by atoms with van der Waals surface area (Å²) in [6.07, 6.45) is 2.06. The molecule has 0 aliphatic carbocycles. The van der Waals surface area contributed by atoms with Crippen molar-refractivity contribution in [2.45, 2.75) is 26.8 Å². The van der Waals surface area contributed by atoms with Crippen LogP contribution in [0.5, 0.6) is 0 Å². The van der Waals surface area contributed by atoms with E-state index in [1.165, 1.54) is 0 Å². The van der Waals surface area contributed by atoms with Gasteiger partial charge in [-0.25, -0.2) is 0 Å². The first kappa shape index (κ1) is 11.3. The molecule has 3 heteroatoms. The van der Waals surface area contributed by atoms with Crippen molar-refractivity contribution in [2.75, 3.05) is 19.8 Å². The first-order valence-corrected chi connectivity index (χ1v) is 5.07. The molecule has 2 nitrogen and oxygen atoms in total. The summed E-state index contributed by atoms with van der Waals surface area (Å²) >= 11 is 1.72. The van der Waals surface area contributed by atoms with Gasteiger partial charge in [-0.1, -0.05) is 32.7 Å². The highest BCUT2D eigenvalue weighted by Crippen LogP contribution is 2.18. The zero-order chi connectivity index (χ0) is 9.07. The Balaban J connectivity index is 3.77. The lowest BCUT2D eigenvalue weighted by molar-refractivity contribution is 0.287. The molecule has 0 rings (SSSR count). The summed E-state index contributed by atoms with van der Waals surface area (Å²) in [6, 6.07) is 0.250. The molecule has 0 aromatic carbocycles. The van der Waals surface area contributed by atoms with Crippen LogP contribution in [0.15, 0.2) is 0 Å². The third-order valence-electron chi connectivity index (χ3n) is 1.88. The Hall–Kier alpha value is 0.270. The van der Waals surface area contributed by atoms with E-state index in [1.54, 1.807) is 11.9 Å². The summed E-state index contributed by atoms with van der Waals surface area (Å²) in [4.78, 5) is 0. The first-order valence-electron chi connectivity index (χ1n) is 3.88. The van der Waals surface area contributed by atoms with Gasteiger partial charge in [0.25, 0.3) is 0 Å². The molecule has 0 aliphatic rings. The van der Waals surface area contributed by atoms with Gasteiger partial charge in [0.05, 0.1) is 0 Å². The molecular formula is C8H20N2S. The van der Waals surface area contributed by atoms with E-state index in [2.05, 4.69) is 38.4 Å². The van der Waals surface area contributed by atoms with Gasteiger partial charge in [0.2, 0.25) is 0 Å². The van der Waals surface area contributed by atoms with E-state index < -0.39 is 0 Å². The third-order valence-corrected chi connectivity index (χ3v) is 2.65. The summed E-state index contributed by atoms with van der Waals surface area (Å²) in [5.74, 6) is 0. The number of hydrogen-bond acceptors (Lipinski definition) is 3. The highest BCUT2D eigenvalue weighted by atomic mass is 32.2. The molecule has 0 saturated heterocycles. The normalized spacial score (nSPS) is 15.5. The van der Waals surface area contributed by atoms with E-state index in [0.717, 1.165) is 6.54 Å². The maximum atomic E-state index is 5.97. The largest absolute Gasteiger partial charge is 0.326 e. The monoisotopic (exact) mass is 176 g/mol. The minimum absolute atomic E-state index is 0.212. The Morgan fingerprint density at radius 1 is 1.45 bits per heavy atom. The molecule has 0 amide bonds. The van der Waals surface area contributed by atoms with Crippen LogP contribution in [-0.2, 0) is 0 Å². The highest BCUT2D eigenvalue weighted by molar-refractivity contribution is 7.96. The molecule has 0 aliphatic heterocycles. The minimum Gasteiger partial charge on any atom is -0.326 e. The smallest absolute Gasteiger partial charge is 0.0243 e. The lowest BCUT2D eigenvalue weighted by Gasteiger charge is -2.29. The lowest BCUT2D eigenvalue weighted by atomic mass is 9.87. The zero-order valence-corrected chi connectivity index (χ0v) is 9.03. The fourth-order valence-corrected chi connectivity index (χ4v) is 0.935. The minimum atomic E-state index is 0.212. The Bertz CT molecular complexity index is 109. The van der Waals surface area contributed by atoms with Crippen molar-refractivity contribution in [3.05, 3.63) is 0 Å². The summed E-state index contributed by atoms with van der Waals surface area (Å²) in [6.45, 7) is 7.47. The summed E-state index contributed by atoms with van der Waals surface area (Å²) < 4.78 is 2.16. The second-order valence-corrected chi connectivity index (χ2v) is 4.95. The first-order chi connectivity index (χ1) is 4.88. The average Bonchev–Trinajstić information content (AvgIpc) is 1.85. The van der Waals surface area contributed by atoms with E-state index in [1.807, 2.05) is 0 Å². The van der Waals surface area contributed by atoms with Gasteiger partial charge in [-0.3, -0.25) is 4.31 Å². The summed E-state index contributed by atoms with van der Waals surface area (Å²) in [7, 11) is 2.07. The van der Waals surface area contributed by atoms with Crippen molar-refractivity contribution in [1.29, 1.82) is 0 Å². The molecule has 11 heavy (non-hydrogen) atoms. The Kier molecular flexibility index (Phi) is 4.44. The van der Waals surface area contributed by atoms with Gasteiger partial charge in [0.1, 0.15) is 0 Å². The van der Waals surface area contributed by atoms with Crippen LogP contribution >= 0.6 is 11.9 Å². The Morgan fingerprint density at radius 3 is 2.18 bits per heavy atom. The van der Waals surface area contributed by atoms with Gasteiger partial charge in [0.15, 0.2) is 0 Å². The second kappa shape index (κ2) is 4.33. The van der Waals surface area contributed by atoms with E-state index >= 15 is 0 Å². The fourth-order valence-electron chi connectivity index (χ4n) is 0.625. The van der Waals surface area contributed by atoms with Crippen molar-refractivity contribution in [2.24, 2.45) is 11.1 Å². The molecule has 0 radical (unpaired) electrons. The van der Waals surface area contributed by atoms with Crippen molar-refractivity contribution in [3.63, 3.8) is 0 Å². The molecule has 0 heterocycles. The number of hydrogen-bond donors (Lipinski definition) is 1. The highest BCUT2D eigenvalue weighted by Gasteiger charge is 2.21. The fraction of sp³-hybridized carbons (Fsp3) is 1.00. The van der Waals surface area contributed by atoms with Crippen LogP contribution in [0.2, 0.25) is 0 Å². The Labute approximate surface area is 74.7 Å². The molecular weight excluding hydrogens is 156 g/mol. The van der Waals surface area contributed by atoms with E-state index in [-0.39, 0.29) is 11.5 Å². The number of nitrogens with zero attached hydrogens (tertiary/aromatic N) is 1. The molecule has 0 fully saturated rings. The van der Waals surface area contributed by atoms with Crippen LogP contribution in [-0.4, -0.2) is 30.2 Å². The van der Waals surface area contributed by atoms with Crippen molar-refractivity contribution in [3.8, 4) is 0 Å². The molecule has 0 spiro atoms. The molecule has 0 aromatic rings. The number of nitrogens with two attached hydrogens (primary N) is 1. The van der Waals surface area contributed by atoms with Gasteiger partial charge in [-0.15, -0.1) is 0 Å². The molecule has 2 N–H and O–H groups in total. The molecule has 0 unspecified atom stereocenters. The van der Waals surface area contributed by atoms with E-state index in [4.69, 9.17) is 5.73 Å². The van der Waals surface area contributed by atoms with Crippen molar-refractivity contribution < 1.29 is 0 Å². The van der Waals surface area contributed by atoms with Gasteiger partial charge in [0, 0.05) is 12.6 Å². The second-order valence-electron chi connectivity index (χ2n) is 3.97. The van der Waals surface area contributed by atoms with Gasteiger partial charge < -0.3 is 5.73 Å². The van der Waals surface area contributed by atoms with Gasteiger partial charge in [-0.05, 0) is 18.7 Å². The predicted molar refractivity (Wildman–Crippen MR) is 53.6 cm³/mol. The lowest BCUT2D eigenvalue weighted by Crippen LogP contribution is -2.42. The topological polar surface area (TPSA) is 29.3 Å². The molecule has 68 valence electrons. The number of likely N-dealkylation sites (N-methyl/N-ethyl adjacent to an activating group) is 1. The van der Waals surface area contributed by atoms with Crippen LogP contribution in [0.3, 0.4) is 0 Å². The third kappa shape index (κ3) is 4.67. The predicted octanol–water partition coefficient (Wildman–Crippen LogP) is 1.57. The Morgan fingerprint density at radius 2 is 1.91 bits per heavy atom. The molecule has 0 bridgehead atoms. The summed E-state index contributed by atoms with van der Waals surface area (Å²) in [5.41, 5.74) is 6.18. The molecule has 0 aromatic heterocycles. The van der Waals surface area contributed by atoms with Crippen molar-refractivity contribution >= 4 is 11.9 Å². The van der Waals surface area contributed by atoms with Crippen LogP contribution in [0.1, 0.15) is 20.8 Å². The van der Waals surface area contributed by atoms with Crippen LogP contribution in [0.4, 0.5) is 0 Å². The summed E-state index contributed by atoms with van der Waals surface area (Å²) in [5, 5.41) is 0. The standard InChI is InChI=1S/C8H20N2S/c1-8(2,3)7(9)6-10(4)11-5/h7H,6,9H2,1-5H3/t7-/m1/s1. The van der Waals surface area contributed by atoms with E-state index in [0.29, 0.717) is 0 Å². The van der Waals surface area contributed by atoms with Crippen LogP contribution in [0.25, 0.3) is 0 Å².